The van der Waals surface area contributed by atoms with Crippen molar-refractivity contribution >= 4 is 53.3 Å². The van der Waals surface area contributed by atoms with Gasteiger partial charge in [-0.05, 0) is 69.7 Å². The number of carboxylic acids is 1. The number of likely N-dealkylation sites (tertiary alicyclic amines) is 1. The molecule has 1 saturated heterocycles. The Morgan fingerprint density at radius 1 is 0.764 bits per heavy atom. The largest absolute Gasteiger partial charge is 0.480 e. The molecule has 7 amide bonds. The maximum Gasteiger partial charge on any atom is 0.326 e. The molecule has 0 aromatic heterocycles. The smallest absolute Gasteiger partial charge is 0.326 e. The summed E-state index contributed by atoms with van der Waals surface area (Å²) in [5.41, 5.74) is 21.7. The predicted molar refractivity (Wildman–Crippen MR) is 202 cm³/mol. The summed E-state index contributed by atoms with van der Waals surface area (Å²) in [5.74, 6) is -6.39. The first-order valence-electron chi connectivity index (χ1n) is 18.6. The molecule has 21 nitrogen and oxygen atoms in total. The SMILES string of the molecule is CC(C)C[C@H](NC(=O)[C@@H]1CCCN1C(=O)CN)C(=O)NCC(=O)N[C@H](C(=O)N[C@@H](CCCN=C(N)N)C(=O)NCC(=O)N[C@@H](CCCCN)C(=O)O)C(C)C. The zero-order chi connectivity index (χ0) is 41.7. The van der Waals surface area contributed by atoms with Crippen LogP contribution < -0.4 is 54.8 Å². The number of aliphatic imine (C=N–C) groups is 1. The Morgan fingerprint density at radius 3 is 1.91 bits per heavy atom. The number of nitrogens with two attached hydrogens (primary N) is 4. The highest BCUT2D eigenvalue weighted by molar-refractivity contribution is 5.96. The van der Waals surface area contributed by atoms with Crippen molar-refractivity contribution in [3.05, 3.63) is 0 Å². The second-order valence-corrected chi connectivity index (χ2v) is 14.1. The summed E-state index contributed by atoms with van der Waals surface area (Å²) in [4.78, 5) is 107. The minimum absolute atomic E-state index is 0.0173. The van der Waals surface area contributed by atoms with Crippen LogP contribution in [0.3, 0.4) is 0 Å². The lowest BCUT2D eigenvalue weighted by Gasteiger charge is -2.27. The van der Waals surface area contributed by atoms with Crippen molar-refractivity contribution in [3.8, 4) is 0 Å². The van der Waals surface area contributed by atoms with Crippen LogP contribution in [0.2, 0.25) is 0 Å². The molecule has 1 heterocycles. The van der Waals surface area contributed by atoms with E-state index in [4.69, 9.17) is 22.9 Å². The molecule has 0 aliphatic carbocycles. The maximum atomic E-state index is 13.5. The van der Waals surface area contributed by atoms with Crippen LogP contribution >= 0.6 is 0 Å². The highest BCUT2D eigenvalue weighted by atomic mass is 16.4. The van der Waals surface area contributed by atoms with E-state index >= 15 is 0 Å². The van der Waals surface area contributed by atoms with Crippen molar-refractivity contribution in [2.45, 2.75) is 109 Å². The molecule has 1 fully saturated rings. The van der Waals surface area contributed by atoms with Gasteiger partial charge in [-0.15, -0.1) is 0 Å². The lowest BCUT2D eigenvalue weighted by molar-refractivity contribution is -0.142. The molecular formula is C34H62N12O9. The van der Waals surface area contributed by atoms with Crippen LogP contribution in [0, 0.1) is 11.8 Å². The van der Waals surface area contributed by atoms with E-state index in [1.807, 2.05) is 13.8 Å². The molecule has 0 aromatic carbocycles. The van der Waals surface area contributed by atoms with Gasteiger partial charge in [0.1, 0.15) is 30.2 Å². The molecule has 312 valence electrons. The topological polar surface area (TPSA) is 349 Å². The normalized spacial score (nSPS) is 15.9. The highest BCUT2D eigenvalue weighted by Crippen LogP contribution is 2.18. The number of carbonyl (C=O) groups is 8. The lowest BCUT2D eigenvalue weighted by atomic mass is 10.0. The van der Waals surface area contributed by atoms with Gasteiger partial charge in [0.25, 0.3) is 0 Å². The Kier molecular flexibility index (Phi) is 21.9. The number of amides is 7. The fourth-order valence-electron chi connectivity index (χ4n) is 5.80. The standard InChI is InChI=1S/C34H62N12O9/c1-19(2)15-23(44-31(52)24-11-8-14-46(24)27(49)16-36)30(51)41-18-26(48)45-28(20(3)4)32(53)43-21(10-7-13-39-34(37)38)29(50)40-17-25(47)42-22(33(54)55)9-5-6-12-35/h19-24,28H,5-18,35-36H2,1-4H3,(H,40,50)(H,41,51)(H,42,47)(H,43,53)(H,44,52)(H,45,48)(H,54,55)(H4,37,38,39)/t21-,22-,23-,24-,28-/m0/s1. The number of guanidine groups is 1. The molecule has 0 aromatic rings. The van der Waals surface area contributed by atoms with Crippen LogP contribution in [0.15, 0.2) is 4.99 Å². The van der Waals surface area contributed by atoms with Crippen molar-refractivity contribution in [2.24, 2.45) is 39.8 Å². The molecule has 0 unspecified atom stereocenters. The van der Waals surface area contributed by atoms with E-state index in [0.717, 1.165) is 0 Å². The van der Waals surface area contributed by atoms with Crippen LogP contribution in [-0.2, 0) is 38.4 Å². The fourth-order valence-corrected chi connectivity index (χ4v) is 5.80. The minimum atomic E-state index is -1.24. The van der Waals surface area contributed by atoms with Crippen molar-refractivity contribution in [1.82, 2.24) is 36.8 Å². The van der Waals surface area contributed by atoms with Crippen molar-refractivity contribution in [3.63, 3.8) is 0 Å². The second-order valence-electron chi connectivity index (χ2n) is 14.1. The zero-order valence-corrected chi connectivity index (χ0v) is 32.4. The molecule has 55 heavy (non-hydrogen) atoms. The van der Waals surface area contributed by atoms with E-state index in [-0.39, 0.29) is 56.6 Å². The number of nitrogens with one attached hydrogen (secondary N) is 6. The monoisotopic (exact) mass is 782 g/mol. The van der Waals surface area contributed by atoms with Gasteiger partial charge in [-0.1, -0.05) is 27.7 Å². The summed E-state index contributed by atoms with van der Waals surface area (Å²) in [5, 5.41) is 24.6. The zero-order valence-electron chi connectivity index (χ0n) is 32.4. The van der Waals surface area contributed by atoms with Crippen LogP contribution in [0.25, 0.3) is 0 Å². The number of carbonyl (C=O) groups excluding carboxylic acids is 7. The third kappa shape index (κ3) is 18.2. The van der Waals surface area contributed by atoms with Gasteiger partial charge >= 0.3 is 5.97 Å². The maximum absolute atomic E-state index is 13.5. The van der Waals surface area contributed by atoms with E-state index in [9.17, 15) is 43.5 Å². The lowest BCUT2D eigenvalue weighted by Crippen LogP contribution is -2.58. The molecule has 0 saturated carbocycles. The number of carboxylic acid groups (broad SMARTS) is 1. The molecule has 0 radical (unpaired) electrons. The third-order valence-electron chi connectivity index (χ3n) is 8.66. The van der Waals surface area contributed by atoms with Gasteiger partial charge in [0.2, 0.25) is 41.4 Å². The van der Waals surface area contributed by atoms with E-state index in [2.05, 4.69) is 36.9 Å². The molecule has 1 aliphatic heterocycles. The Balaban J connectivity index is 2.94. The number of unbranched alkanes of at least 4 members (excludes halogenated alkanes) is 1. The Labute approximate surface area is 321 Å². The summed E-state index contributed by atoms with van der Waals surface area (Å²) in [6.07, 6.45) is 2.75. The first kappa shape index (κ1) is 48.0. The Bertz CT molecular complexity index is 1360. The van der Waals surface area contributed by atoms with Gasteiger partial charge in [-0.3, -0.25) is 38.6 Å². The van der Waals surface area contributed by atoms with Crippen LogP contribution in [-0.4, -0.2) is 133 Å². The van der Waals surface area contributed by atoms with Crippen molar-refractivity contribution in [2.75, 3.05) is 39.3 Å². The number of hydrogen-bond donors (Lipinski definition) is 11. The highest BCUT2D eigenvalue weighted by Gasteiger charge is 2.36. The van der Waals surface area contributed by atoms with Gasteiger partial charge in [-0.25, -0.2) is 4.79 Å². The summed E-state index contributed by atoms with van der Waals surface area (Å²) in [6.45, 7) is 6.53. The van der Waals surface area contributed by atoms with Crippen LogP contribution in [0.4, 0.5) is 0 Å². The third-order valence-corrected chi connectivity index (χ3v) is 8.66. The van der Waals surface area contributed by atoms with Gasteiger partial charge in [0.15, 0.2) is 5.96 Å². The molecule has 0 bridgehead atoms. The molecule has 15 N–H and O–H groups in total. The van der Waals surface area contributed by atoms with Crippen molar-refractivity contribution < 1.29 is 43.5 Å². The number of hydrogen-bond acceptors (Lipinski definition) is 11. The summed E-state index contributed by atoms with van der Waals surface area (Å²) < 4.78 is 0. The van der Waals surface area contributed by atoms with Crippen LogP contribution in [0.1, 0.15) is 79.1 Å². The minimum Gasteiger partial charge on any atom is -0.480 e. The Hall–Kier alpha value is -5.05. The molecule has 21 heteroatoms. The summed E-state index contributed by atoms with van der Waals surface area (Å²) in [7, 11) is 0. The first-order chi connectivity index (χ1) is 25.9. The predicted octanol–water partition coefficient (Wildman–Crippen LogP) is -3.92. The van der Waals surface area contributed by atoms with Gasteiger partial charge in [-0.2, -0.15) is 0 Å². The molecule has 1 aliphatic rings. The molecule has 0 spiro atoms. The van der Waals surface area contributed by atoms with E-state index < -0.39 is 90.6 Å². The van der Waals surface area contributed by atoms with Crippen molar-refractivity contribution in [1.29, 1.82) is 0 Å². The van der Waals surface area contributed by atoms with E-state index in [1.54, 1.807) is 13.8 Å². The number of rotatable bonds is 25. The average Bonchev–Trinajstić information content (AvgIpc) is 3.62. The van der Waals surface area contributed by atoms with Crippen LogP contribution in [0.5, 0.6) is 0 Å². The second kappa shape index (κ2) is 25.1. The molecule has 5 atom stereocenters. The fraction of sp³-hybridized carbons (Fsp3) is 0.735. The number of nitrogens with zero attached hydrogens (tertiary/aromatic N) is 2. The van der Waals surface area contributed by atoms with Gasteiger partial charge < -0.3 is 64.8 Å². The van der Waals surface area contributed by atoms with E-state index in [0.29, 0.717) is 38.8 Å². The van der Waals surface area contributed by atoms with Gasteiger partial charge in [0, 0.05) is 13.1 Å². The van der Waals surface area contributed by atoms with E-state index in [1.165, 1.54) is 4.90 Å². The van der Waals surface area contributed by atoms with Gasteiger partial charge in [0.05, 0.1) is 19.6 Å². The average molecular weight is 783 g/mol. The first-order valence-corrected chi connectivity index (χ1v) is 18.6. The summed E-state index contributed by atoms with van der Waals surface area (Å²) in [6, 6.07) is -5.31. The Morgan fingerprint density at radius 2 is 1.36 bits per heavy atom. The quantitative estimate of drug-likeness (QED) is 0.0240. The number of aliphatic carboxylic acids is 1. The summed E-state index contributed by atoms with van der Waals surface area (Å²) >= 11 is 0. The molecule has 1 rings (SSSR count). The molecular weight excluding hydrogens is 720 g/mol.